The van der Waals surface area contributed by atoms with Crippen molar-refractivity contribution in [1.29, 1.82) is 0 Å². The van der Waals surface area contributed by atoms with Crippen molar-refractivity contribution in [3.05, 3.63) is 64.7 Å². The first-order valence-corrected chi connectivity index (χ1v) is 8.61. The molecule has 0 bridgehead atoms. The number of H-pyrrole nitrogens is 1. The van der Waals surface area contributed by atoms with Crippen LogP contribution in [0.2, 0.25) is 0 Å². The van der Waals surface area contributed by atoms with Crippen LogP contribution in [0.15, 0.2) is 53.6 Å². The van der Waals surface area contributed by atoms with Gasteiger partial charge in [0.2, 0.25) is 5.91 Å². The summed E-state index contributed by atoms with van der Waals surface area (Å²) in [5.74, 6) is 0.671. The van der Waals surface area contributed by atoms with Crippen LogP contribution in [-0.2, 0) is 11.2 Å². The van der Waals surface area contributed by atoms with Crippen LogP contribution in [0.4, 0.5) is 5.82 Å². The van der Waals surface area contributed by atoms with E-state index in [1.165, 1.54) is 0 Å². The molecule has 3 N–H and O–H groups in total. The molecule has 0 fully saturated rings. The van der Waals surface area contributed by atoms with Gasteiger partial charge in [0.15, 0.2) is 5.82 Å². The van der Waals surface area contributed by atoms with Crippen molar-refractivity contribution in [3.8, 4) is 0 Å². The molecule has 0 spiro atoms. The number of aryl methyl sites for hydroxylation is 1. The summed E-state index contributed by atoms with van der Waals surface area (Å²) in [6.45, 7) is 1.23. The third kappa shape index (κ3) is 4.66. The maximum Gasteiger partial charge on any atom is 0.272 e. The summed E-state index contributed by atoms with van der Waals surface area (Å²) in [5, 5.41) is 14.1. The predicted octanol–water partition coefficient (Wildman–Crippen LogP) is 1.87. The van der Waals surface area contributed by atoms with E-state index >= 15 is 0 Å². The number of benzene rings is 1. The summed E-state index contributed by atoms with van der Waals surface area (Å²) < 4.78 is 0. The van der Waals surface area contributed by atoms with Gasteiger partial charge in [-0.25, -0.2) is 5.10 Å². The molecular formula is C19H21N5O2. The SMILES string of the molecule is O=C(CCc1cccnc1)NCCCNc1n[nH]c(=O)c2ccccc12. The molecular weight excluding hydrogens is 330 g/mol. The Kier molecular flexibility index (Phi) is 5.92. The highest BCUT2D eigenvalue weighted by Crippen LogP contribution is 2.16. The Labute approximate surface area is 150 Å². The number of nitrogens with zero attached hydrogens (tertiary/aromatic N) is 2. The van der Waals surface area contributed by atoms with E-state index in [2.05, 4.69) is 25.8 Å². The van der Waals surface area contributed by atoms with Gasteiger partial charge in [0.05, 0.1) is 5.39 Å². The standard InChI is InChI=1S/C19H21N5O2/c25-17(9-8-14-5-3-10-20-13-14)21-11-4-12-22-18-15-6-1-2-7-16(15)19(26)24-23-18/h1-3,5-7,10,13H,4,8-9,11-12H2,(H,21,25)(H,22,23)(H,24,26). The molecule has 0 radical (unpaired) electrons. The van der Waals surface area contributed by atoms with Gasteiger partial charge in [0, 0.05) is 37.3 Å². The molecule has 2 aromatic heterocycles. The van der Waals surface area contributed by atoms with Gasteiger partial charge in [0.1, 0.15) is 0 Å². The van der Waals surface area contributed by atoms with Gasteiger partial charge < -0.3 is 10.6 Å². The first-order chi connectivity index (χ1) is 12.7. The molecule has 2 heterocycles. The zero-order valence-corrected chi connectivity index (χ0v) is 14.4. The van der Waals surface area contributed by atoms with Crippen LogP contribution >= 0.6 is 0 Å². The number of hydrogen-bond donors (Lipinski definition) is 3. The highest BCUT2D eigenvalue weighted by molar-refractivity contribution is 5.90. The molecule has 0 unspecified atom stereocenters. The fourth-order valence-electron chi connectivity index (χ4n) is 2.66. The third-order valence-corrected chi connectivity index (χ3v) is 4.03. The van der Waals surface area contributed by atoms with Gasteiger partial charge in [0.25, 0.3) is 5.56 Å². The lowest BCUT2D eigenvalue weighted by molar-refractivity contribution is -0.121. The number of fused-ring (bicyclic) bond motifs is 1. The van der Waals surface area contributed by atoms with E-state index in [-0.39, 0.29) is 11.5 Å². The van der Waals surface area contributed by atoms with Gasteiger partial charge in [-0.2, -0.15) is 5.10 Å². The molecule has 134 valence electrons. The van der Waals surface area contributed by atoms with Gasteiger partial charge in [-0.1, -0.05) is 24.3 Å². The smallest absolute Gasteiger partial charge is 0.272 e. The molecule has 0 saturated carbocycles. The molecule has 0 aliphatic carbocycles. The van der Waals surface area contributed by atoms with E-state index in [0.29, 0.717) is 37.1 Å². The lowest BCUT2D eigenvalue weighted by Gasteiger charge is -2.09. The van der Waals surface area contributed by atoms with Crippen LogP contribution < -0.4 is 16.2 Å². The molecule has 3 rings (SSSR count). The van der Waals surface area contributed by atoms with E-state index in [9.17, 15) is 9.59 Å². The molecule has 3 aromatic rings. The Hall–Kier alpha value is -3.22. The largest absolute Gasteiger partial charge is 0.368 e. The minimum atomic E-state index is -0.202. The fourth-order valence-corrected chi connectivity index (χ4v) is 2.66. The van der Waals surface area contributed by atoms with Crippen molar-refractivity contribution in [2.75, 3.05) is 18.4 Å². The van der Waals surface area contributed by atoms with E-state index < -0.39 is 0 Å². The van der Waals surface area contributed by atoms with Crippen LogP contribution in [0.5, 0.6) is 0 Å². The number of aromatic amines is 1. The van der Waals surface area contributed by atoms with Crippen molar-refractivity contribution in [2.45, 2.75) is 19.3 Å². The predicted molar refractivity (Wildman–Crippen MR) is 101 cm³/mol. The molecule has 0 aliphatic rings. The highest BCUT2D eigenvalue weighted by Gasteiger charge is 2.05. The molecule has 7 heteroatoms. The number of carbonyl (C=O) groups is 1. The van der Waals surface area contributed by atoms with Crippen molar-refractivity contribution < 1.29 is 4.79 Å². The van der Waals surface area contributed by atoms with Crippen molar-refractivity contribution >= 4 is 22.5 Å². The molecule has 7 nitrogen and oxygen atoms in total. The molecule has 0 atom stereocenters. The molecule has 26 heavy (non-hydrogen) atoms. The summed E-state index contributed by atoms with van der Waals surface area (Å²) >= 11 is 0. The topological polar surface area (TPSA) is 99.8 Å². The Morgan fingerprint density at radius 3 is 2.73 bits per heavy atom. The Balaban J connectivity index is 1.40. The summed E-state index contributed by atoms with van der Waals surface area (Å²) in [5.41, 5.74) is 0.854. The number of pyridine rings is 1. The lowest BCUT2D eigenvalue weighted by Crippen LogP contribution is -2.26. The minimum absolute atomic E-state index is 0.0291. The first-order valence-electron chi connectivity index (χ1n) is 8.61. The van der Waals surface area contributed by atoms with Crippen molar-refractivity contribution in [1.82, 2.24) is 20.5 Å². The second-order valence-electron chi connectivity index (χ2n) is 5.94. The Bertz CT molecular complexity index is 924. The second kappa shape index (κ2) is 8.75. The molecule has 0 aliphatic heterocycles. The number of amides is 1. The quantitative estimate of drug-likeness (QED) is 0.538. The maximum absolute atomic E-state index is 11.9. The lowest BCUT2D eigenvalue weighted by atomic mass is 10.1. The number of hydrogen-bond acceptors (Lipinski definition) is 5. The molecule has 1 aromatic carbocycles. The Morgan fingerprint density at radius 1 is 1.08 bits per heavy atom. The number of aromatic nitrogens is 3. The highest BCUT2D eigenvalue weighted by atomic mass is 16.1. The van der Waals surface area contributed by atoms with Crippen molar-refractivity contribution in [2.24, 2.45) is 0 Å². The number of carbonyl (C=O) groups excluding carboxylic acids is 1. The van der Waals surface area contributed by atoms with Crippen LogP contribution in [-0.4, -0.2) is 34.2 Å². The summed E-state index contributed by atoms with van der Waals surface area (Å²) in [7, 11) is 0. The number of rotatable bonds is 8. The molecule has 0 saturated heterocycles. The summed E-state index contributed by atoms with van der Waals surface area (Å²) in [6.07, 6.45) is 5.39. The third-order valence-electron chi connectivity index (χ3n) is 4.03. The fraction of sp³-hybridized carbons (Fsp3) is 0.263. The normalized spacial score (nSPS) is 10.6. The minimum Gasteiger partial charge on any atom is -0.368 e. The monoisotopic (exact) mass is 351 g/mol. The summed E-state index contributed by atoms with van der Waals surface area (Å²) in [6, 6.07) is 11.2. The zero-order chi connectivity index (χ0) is 18.2. The number of nitrogens with one attached hydrogen (secondary N) is 3. The van der Waals surface area contributed by atoms with Crippen LogP contribution in [0.1, 0.15) is 18.4 Å². The van der Waals surface area contributed by atoms with E-state index in [0.717, 1.165) is 17.4 Å². The number of anilines is 1. The summed E-state index contributed by atoms with van der Waals surface area (Å²) in [4.78, 5) is 27.6. The van der Waals surface area contributed by atoms with Crippen LogP contribution in [0.25, 0.3) is 10.8 Å². The van der Waals surface area contributed by atoms with E-state index in [1.54, 1.807) is 18.5 Å². The van der Waals surface area contributed by atoms with E-state index in [4.69, 9.17) is 0 Å². The second-order valence-corrected chi connectivity index (χ2v) is 5.94. The van der Waals surface area contributed by atoms with Gasteiger partial charge >= 0.3 is 0 Å². The van der Waals surface area contributed by atoms with Crippen molar-refractivity contribution in [3.63, 3.8) is 0 Å². The van der Waals surface area contributed by atoms with E-state index in [1.807, 2.05) is 30.3 Å². The van der Waals surface area contributed by atoms with Crippen LogP contribution in [0, 0.1) is 0 Å². The van der Waals surface area contributed by atoms with Gasteiger partial charge in [-0.05, 0) is 30.5 Å². The average Bonchev–Trinajstić information content (AvgIpc) is 2.69. The van der Waals surface area contributed by atoms with Gasteiger partial charge in [-0.15, -0.1) is 0 Å². The molecule has 1 amide bonds. The van der Waals surface area contributed by atoms with Gasteiger partial charge in [-0.3, -0.25) is 14.6 Å². The zero-order valence-electron chi connectivity index (χ0n) is 14.4. The maximum atomic E-state index is 11.9. The Morgan fingerprint density at radius 2 is 1.92 bits per heavy atom. The first kappa shape index (κ1) is 17.6. The van der Waals surface area contributed by atoms with Crippen LogP contribution in [0.3, 0.4) is 0 Å². The average molecular weight is 351 g/mol.